The molecule has 0 amide bonds. The fourth-order valence-corrected chi connectivity index (χ4v) is 2.86. The maximum atomic E-state index is 13.0. The summed E-state index contributed by atoms with van der Waals surface area (Å²) in [5.41, 5.74) is 5.26. The summed E-state index contributed by atoms with van der Waals surface area (Å²) in [5.74, 6) is 0.232. The predicted molar refractivity (Wildman–Crippen MR) is 105 cm³/mol. The normalized spacial score (nSPS) is 10.9. The van der Waals surface area contributed by atoms with Crippen LogP contribution in [-0.2, 0) is 6.61 Å². The van der Waals surface area contributed by atoms with Gasteiger partial charge in [0.2, 0.25) is 0 Å². The van der Waals surface area contributed by atoms with Gasteiger partial charge in [-0.15, -0.1) is 0 Å². The molecule has 0 bridgehead atoms. The number of nitrogens with one attached hydrogen (secondary N) is 1. The minimum Gasteiger partial charge on any atom is -0.489 e. The highest BCUT2D eigenvalue weighted by atomic mass is 35.5. The molecule has 0 saturated heterocycles. The summed E-state index contributed by atoms with van der Waals surface area (Å²) < 4.78 is 18.7. The van der Waals surface area contributed by atoms with E-state index >= 15 is 0 Å². The molecule has 0 spiro atoms. The van der Waals surface area contributed by atoms with Crippen molar-refractivity contribution in [1.29, 1.82) is 0 Å². The van der Waals surface area contributed by atoms with E-state index in [1.165, 1.54) is 12.1 Å². The molecule has 3 rings (SSSR count). The summed E-state index contributed by atoms with van der Waals surface area (Å²) in [6.07, 6.45) is 1.62. The minimum absolute atomic E-state index is 0.221. The van der Waals surface area contributed by atoms with Gasteiger partial charge in [-0.1, -0.05) is 41.4 Å². The molecule has 132 valence electrons. The van der Waals surface area contributed by atoms with Crippen molar-refractivity contribution in [1.82, 2.24) is 0 Å². The van der Waals surface area contributed by atoms with Crippen LogP contribution in [0.5, 0.6) is 5.75 Å². The summed E-state index contributed by atoms with van der Waals surface area (Å²) in [5, 5.41) is 5.19. The third-order valence-corrected chi connectivity index (χ3v) is 4.08. The van der Waals surface area contributed by atoms with Crippen LogP contribution in [0.25, 0.3) is 0 Å². The lowest BCUT2D eigenvalue weighted by atomic mass is 10.1. The molecule has 0 heterocycles. The van der Waals surface area contributed by atoms with E-state index in [9.17, 15) is 4.39 Å². The zero-order chi connectivity index (χ0) is 18.4. The second-order valence-electron chi connectivity index (χ2n) is 5.44. The molecule has 26 heavy (non-hydrogen) atoms. The van der Waals surface area contributed by atoms with E-state index in [1.807, 2.05) is 30.3 Å². The first-order chi connectivity index (χ1) is 12.6. The van der Waals surface area contributed by atoms with Crippen LogP contribution in [0.2, 0.25) is 10.0 Å². The van der Waals surface area contributed by atoms with Crippen molar-refractivity contribution in [3.05, 3.63) is 93.7 Å². The maximum absolute atomic E-state index is 13.0. The van der Waals surface area contributed by atoms with E-state index in [0.29, 0.717) is 21.4 Å². The Morgan fingerprint density at radius 1 is 1.00 bits per heavy atom. The van der Waals surface area contributed by atoms with E-state index < -0.39 is 0 Å². The van der Waals surface area contributed by atoms with Crippen LogP contribution < -0.4 is 10.2 Å². The number of rotatable bonds is 6. The number of halogens is 3. The number of para-hydroxylation sites is 1. The summed E-state index contributed by atoms with van der Waals surface area (Å²) in [6, 6.07) is 18.8. The molecule has 0 radical (unpaired) electrons. The molecule has 0 atom stereocenters. The Kier molecular flexibility index (Phi) is 6.10. The molecule has 3 aromatic rings. The van der Waals surface area contributed by atoms with Gasteiger partial charge >= 0.3 is 0 Å². The highest BCUT2D eigenvalue weighted by Crippen LogP contribution is 2.25. The quantitative estimate of drug-likeness (QED) is 0.405. The highest BCUT2D eigenvalue weighted by Gasteiger charge is 2.09. The van der Waals surface area contributed by atoms with E-state index in [1.54, 1.807) is 30.5 Å². The third kappa shape index (κ3) is 4.97. The second kappa shape index (κ2) is 8.70. The van der Waals surface area contributed by atoms with Crippen LogP contribution >= 0.6 is 23.2 Å². The Morgan fingerprint density at radius 3 is 2.46 bits per heavy atom. The minimum atomic E-state index is -0.317. The lowest BCUT2D eigenvalue weighted by molar-refractivity contribution is 0.305. The van der Waals surface area contributed by atoms with Gasteiger partial charge in [0.05, 0.1) is 16.9 Å². The lowest BCUT2D eigenvalue weighted by Gasteiger charge is -2.11. The molecule has 0 aromatic heterocycles. The monoisotopic (exact) mass is 388 g/mol. The van der Waals surface area contributed by atoms with Gasteiger partial charge < -0.3 is 4.74 Å². The first kappa shape index (κ1) is 18.2. The summed E-state index contributed by atoms with van der Waals surface area (Å²) >= 11 is 12.4. The fourth-order valence-electron chi connectivity index (χ4n) is 2.28. The molecule has 3 aromatic carbocycles. The van der Waals surface area contributed by atoms with Gasteiger partial charge in [-0.3, -0.25) is 5.43 Å². The molecule has 0 aliphatic heterocycles. The molecule has 3 nitrogen and oxygen atoms in total. The highest BCUT2D eigenvalue weighted by molar-refractivity contribution is 6.36. The van der Waals surface area contributed by atoms with Gasteiger partial charge in [-0.05, 0) is 48.5 Å². The number of anilines is 1. The molecule has 0 unspecified atom stereocenters. The van der Waals surface area contributed by atoms with Gasteiger partial charge in [-0.25, -0.2) is 4.39 Å². The predicted octanol–water partition coefficient (Wildman–Crippen LogP) is 6.16. The van der Waals surface area contributed by atoms with Crippen molar-refractivity contribution in [2.24, 2.45) is 5.10 Å². The van der Waals surface area contributed by atoms with Gasteiger partial charge in [0.1, 0.15) is 18.2 Å². The Labute approximate surface area is 161 Å². The Hall–Kier alpha value is -2.56. The average molecular weight is 389 g/mol. The van der Waals surface area contributed by atoms with Gasteiger partial charge in [0.15, 0.2) is 0 Å². The van der Waals surface area contributed by atoms with Crippen LogP contribution in [0.4, 0.5) is 10.1 Å². The fraction of sp³-hybridized carbons (Fsp3) is 0.0500. The van der Waals surface area contributed by atoms with Crippen molar-refractivity contribution in [3.63, 3.8) is 0 Å². The largest absolute Gasteiger partial charge is 0.489 e. The van der Waals surface area contributed by atoms with Crippen LogP contribution in [0.1, 0.15) is 11.1 Å². The van der Waals surface area contributed by atoms with Crippen LogP contribution in [0, 0.1) is 5.82 Å². The number of hydrogen-bond acceptors (Lipinski definition) is 3. The van der Waals surface area contributed by atoms with Crippen molar-refractivity contribution >= 4 is 35.1 Å². The first-order valence-electron chi connectivity index (χ1n) is 7.82. The van der Waals surface area contributed by atoms with E-state index in [2.05, 4.69) is 10.5 Å². The standard InChI is InChI=1S/C20H15Cl2FN2O/c21-15-10-14(13-26-18-8-6-16(23)7-9-18)19(20(22)11-15)12-24-25-17-4-2-1-3-5-17/h1-12,25H,13H2. The first-order valence-corrected chi connectivity index (χ1v) is 8.58. The van der Waals surface area contributed by atoms with Crippen molar-refractivity contribution in [2.45, 2.75) is 6.61 Å². The molecule has 0 aliphatic carbocycles. The SMILES string of the molecule is Fc1ccc(OCc2cc(Cl)cc(Cl)c2C=NNc2ccccc2)cc1. The Morgan fingerprint density at radius 2 is 1.73 bits per heavy atom. The van der Waals surface area contributed by atoms with E-state index in [-0.39, 0.29) is 12.4 Å². The topological polar surface area (TPSA) is 33.6 Å². The van der Waals surface area contributed by atoms with Crippen molar-refractivity contribution in [2.75, 3.05) is 5.43 Å². The summed E-state index contributed by atoms with van der Waals surface area (Å²) in [7, 11) is 0. The molecule has 6 heteroatoms. The molecular formula is C20H15Cl2FN2O. The zero-order valence-corrected chi connectivity index (χ0v) is 15.1. The molecule has 0 fully saturated rings. The Balaban J connectivity index is 1.77. The Bertz CT molecular complexity index is 900. The molecule has 1 N–H and O–H groups in total. The van der Waals surface area contributed by atoms with E-state index in [0.717, 1.165) is 11.3 Å². The molecular weight excluding hydrogens is 374 g/mol. The smallest absolute Gasteiger partial charge is 0.123 e. The second-order valence-corrected chi connectivity index (χ2v) is 6.28. The molecule has 0 aliphatic rings. The van der Waals surface area contributed by atoms with Crippen molar-refractivity contribution in [3.8, 4) is 5.75 Å². The van der Waals surface area contributed by atoms with Gasteiger partial charge in [0, 0.05) is 16.1 Å². The average Bonchev–Trinajstić information content (AvgIpc) is 2.64. The van der Waals surface area contributed by atoms with Gasteiger partial charge in [0.25, 0.3) is 0 Å². The maximum Gasteiger partial charge on any atom is 0.123 e. The number of hydrogen-bond donors (Lipinski definition) is 1. The number of ether oxygens (including phenoxy) is 1. The number of nitrogens with zero attached hydrogens (tertiary/aromatic N) is 1. The number of benzene rings is 3. The summed E-state index contributed by atoms with van der Waals surface area (Å²) in [4.78, 5) is 0. The third-order valence-electron chi connectivity index (χ3n) is 3.55. The van der Waals surface area contributed by atoms with Crippen LogP contribution in [-0.4, -0.2) is 6.21 Å². The van der Waals surface area contributed by atoms with Crippen LogP contribution in [0.15, 0.2) is 71.8 Å². The zero-order valence-electron chi connectivity index (χ0n) is 13.6. The van der Waals surface area contributed by atoms with Crippen LogP contribution in [0.3, 0.4) is 0 Å². The summed E-state index contributed by atoms with van der Waals surface area (Å²) in [6.45, 7) is 0.221. The van der Waals surface area contributed by atoms with Crippen molar-refractivity contribution < 1.29 is 9.13 Å². The lowest BCUT2D eigenvalue weighted by Crippen LogP contribution is -2.02. The molecule has 0 saturated carbocycles. The van der Waals surface area contributed by atoms with E-state index in [4.69, 9.17) is 27.9 Å². The number of hydrazone groups is 1. The van der Waals surface area contributed by atoms with Gasteiger partial charge in [-0.2, -0.15) is 5.10 Å².